The van der Waals surface area contributed by atoms with Crippen LogP contribution in [0.3, 0.4) is 0 Å². The molecule has 21 heavy (non-hydrogen) atoms. The van der Waals surface area contributed by atoms with E-state index < -0.39 is 0 Å². The van der Waals surface area contributed by atoms with Crippen LogP contribution in [0.4, 0.5) is 5.69 Å². The lowest BCUT2D eigenvalue weighted by molar-refractivity contribution is -0.127. The van der Waals surface area contributed by atoms with Crippen molar-refractivity contribution in [3.05, 3.63) is 23.8 Å². The second-order valence-corrected chi connectivity index (χ2v) is 6.96. The van der Waals surface area contributed by atoms with Crippen LogP contribution in [0, 0.1) is 11.8 Å². The molecule has 1 aliphatic rings. The van der Waals surface area contributed by atoms with Crippen LogP contribution in [-0.2, 0) is 4.79 Å². The van der Waals surface area contributed by atoms with Crippen molar-refractivity contribution in [3.8, 4) is 5.75 Å². The lowest BCUT2D eigenvalue weighted by atomic mass is 9.88. The van der Waals surface area contributed by atoms with Crippen LogP contribution in [0.5, 0.6) is 5.75 Å². The van der Waals surface area contributed by atoms with Gasteiger partial charge in [-0.1, -0.05) is 20.8 Å². The summed E-state index contributed by atoms with van der Waals surface area (Å²) in [6, 6.07) is 5.56. The van der Waals surface area contributed by atoms with Gasteiger partial charge in [-0.05, 0) is 38.0 Å². The van der Waals surface area contributed by atoms with Gasteiger partial charge in [-0.3, -0.25) is 4.79 Å². The largest absolute Gasteiger partial charge is 0.487 e. The summed E-state index contributed by atoms with van der Waals surface area (Å²) >= 11 is 0. The molecule has 3 N–H and O–H groups in total. The first-order chi connectivity index (χ1) is 9.69. The Morgan fingerprint density at radius 2 is 2.05 bits per heavy atom. The molecule has 0 aromatic heterocycles. The highest BCUT2D eigenvalue weighted by molar-refractivity contribution is 5.79. The van der Waals surface area contributed by atoms with Crippen molar-refractivity contribution < 1.29 is 9.53 Å². The Labute approximate surface area is 127 Å². The molecular formula is C17H26N2O2. The van der Waals surface area contributed by atoms with Gasteiger partial charge in [0, 0.05) is 23.6 Å². The summed E-state index contributed by atoms with van der Waals surface area (Å²) in [6.07, 6.45) is 0.736. The Morgan fingerprint density at radius 3 is 2.67 bits per heavy atom. The molecule has 0 bridgehead atoms. The normalized spacial score (nSPS) is 21.3. The first-order valence-corrected chi connectivity index (χ1v) is 7.58. The van der Waals surface area contributed by atoms with Gasteiger partial charge >= 0.3 is 0 Å². The molecule has 4 heteroatoms. The predicted molar refractivity (Wildman–Crippen MR) is 85.1 cm³/mol. The fraction of sp³-hybridized carbons (Fsp3) is 0.588. The number of nitrogen functional groups attached to an aromatic ring is 1. The number of nitrogens with one attached hydrogen (secondary N) is 1. The number of anilines is 1. The van der Waals surface area contributed by atoms with E-state index in [1.807, 2.05) is 39.0 Å². The molecule has 2 atom stereocenters. The molecule has 116 valence electrons. The zero-order chi connectivity index (χ0) is 15.8. The molecule has 1 aromatic carbocycles. The van der Waals surface area contributed by atoms with Crippen LogP contribution >= 0.6 is 0 Å². The maximum atomic E-state index is 12.4. The summed E-state index contributed by atoms with van der Waals surface area (Å²) in [6.45, 7) is 10.2. The van der Waals surface area contributed by atoms with Crippen molar-refractivity contribution in [2.24, 2.45) is 11.8 Å². The Hall–Kier alpha value is -1.71. The molecule has 0 saturated heterocycles. The van der Waals surface area contributed by atoms with E-state index >= 15 is 0 Å². The van der Waals surface area contributed by atoms with Crippen LogP contribution in [0.15, 0.2) is 18.2 Å². The van der Waals surface area contributed by atoms with Crippen LogP contribution in [-0.4, -0.2) is 11.5 Å². The fourth-order valence-corrected chi connectivity index (χ4v) is 2.61. The number of carbonyl (C=O) groups is 1. The molecule has 0 saturated carbocycles. The number of fused-ring (bicyclic) bond motifs is 1. The maximum absolute atomic E-state index is 12.4. The minimum absolute atomic E-state index is 0.0135. The smallest absolute Gasteiger partial charge is 0.223 e. The fourth-order valence-electron chi connectivity index (χ4n) is 2.61. The highest BCUT2D eigenvalue weighted by Gasteiger charge is 2.35. The van der Waals surface area contributed by atoms with Crippen molar-refractivity contribution in [2.75, 3.05) is 5.73 Å². The second-order valence-electron chi connectivity index (χ2n) is 6.96. The van der Waals surface area contributed by atoms with Gasteiger partial charge in [0.05, 0.1) is 6.04 Å². The molecule has 0 fully saturated rings. The summed E-state index contributed by atoms with van der Waals surface area (Å²) in [5, 5.41) is 3.16. The average molecular weight is 290 g/mol. The zero-order valence-electron chi connectivity index (χ0n) is 13.6. The van der Waals surface area contributed by atoms with Crippen LogP contribution < -0.4 is 15.8 Å². The quantitative estimate of drug-likeness (QED) is 0.840. The summed E-state index contributed by atoms with van der Waals surface area (Å²) in [4.78, 5) is 12.4. The van der Waals surface area contributed by atoms with Crippen LogP contribution in [0.25, 0.3) is 0 Å². The molecule has 0 aliphatic carbocycles. The van der Waals surface area contributed by atoms with E-state index in [2.05, 4.69) is 19.2 Å². The standard InChI is InChI=1S/C17H26N2O2/c1-10(2)11(3)16(20)19-14-9-17(4,5)21-15-7-6-12(18)8-13(14)15/h6-8,10-11,14H,9,18H2,1-5H3,(H,19,20). The number of benzene rings is 1. The monoisotopic (exact) mass is 290 g/mol. The molecule has 1 amide bonds. The van der Waals surface area contributed by atoms with Gasteiger partial charge < -0.3 is 15.8 Å². The average Bonchev–Trinajstić information content (AvgIpc) is 2.37. The third-order valence-electron chi connectivity index (χ3n) is 4.22. The van der Waals surface area contributed by atoms with E-state index in [1.54, 1.807) is 0 Å². The zero-order valence-corrected chi connectivity index (χ0v) is 13.6. The van der Waals surface area contributed by atoms with Gasteiger partial charge in [-0.2, -0.15) is 0 Å². The van der Waals surface area contributed by atoms with E-state index in [0.29, 0.717) is 11.6 Å². The Bertz CT molecular complexity index is 538. The number of ether oxygens (including phenoxy) is 1. The molecule has 1 aliphatic heterocycles. The Balaban J connectivity index is 2.27. The van der Waals surface area contributed by atoms with E-state index in [4.69, 9.17) is 10.5 Å². The number of carbonyl (C=O) groups excluding carboxylic acids is 1. The van der Waals surface area contributed by atoms with Gasteiger partial charge in [-0.15, -0.1) is 0 Å². The Morgan fingerprint density at radius 1 is 1.38 bits per heavy atom. The first-order valence-electron chi connectivity index (χ1n) is 7.58. The minimum Gasteiger partial charge on any atom is -0.487 e. The predicted octanol–water partition coefficient (Wildman–Crippen LogP) is 3.28. The molecular weight excluding hydrogens is 264 g/mol. The topological polar surface area (TPSA) is 64.3 Å². The van der Waals surface area contributed by atoms with Gasteiger partial charge in [0.25, 0.3) is 0 Å². The lowest BCUT2D eigenvalue weighted by Gasteiger charge is -2.38. The van der Waals surface area contributed by atoms with Crippen molar-refractivity contribution in [2.45, 2.75) is 52.7 Å². The number of rotatable bonds is 3. The summed E-state index contributed by atoms with van der Waals surface area (Å²) in [7, 11) is 0. The highest BCUT2D eigenvalue weighted by atomic mass is 16.5. The number of nitrogens with two attached hydrogens (primary N) is 1. The number of amides is 1. The van der Waals surface area contributed by atoms with Crippen molar-refractivity contribution in [3.63, 3.8) is 0 Å². The highest BCUT2D eigenvalue weighted by Crippen LogP contribution is 2.40. The van der Waals surface area contributed by atoms with Gasteiger partial charge in [-0.25, -0.2) is 0 Å². The number of hydrogen-bond donors (Lipinski definition) is 2. The van der Waals surface area contributed by atoms with Crippen molar-refractivity contribution in [1.29, 1.82) is 0 Å². The van der Waals surface area contributed by atoms with E-state index in [1.165, 1.54) is 0 Å². The van der Waals surface area contributed by atoms with Gasteiger partial charge in [0.15, 0.2) is 0 Å². The van der Waals surface area contributed by atoms with Crippen LogP contribution in [0.1, 0.15) is 52.6 Å². The third kappa shape index (κ3) is 3.49. The van der Waals surface area contributed by atoms with Gasteiger partial charge in [0.2, 0.25) is 5.91 Å². The lowest BCUT2D eigenvalue weighted by Crippen LogP contribution is -2.43. The summed E-state index contributed by atoms with van der Waals surface area (Å²) in [5.41, 5.74) is 7.24. The van der Waals surface area contributed by atoms with Gasteiger partial charge in [0.1, 0.15) is 11.4 Å². The summed E-state index contributed by atoms with van der Waals surface area (Å²) < 4.78 is 5.99. The molecule has 0 spiro atoms. The number of hydrogen-bond acceptors (Lipinski definition) is 3. The van der Waals surface area contributed by atoms with Crippen molar-refractivity contribution >= 4 is 11.6 Å². The molecule has 1 heterocycles. The third-order valence-corrected chi connectivity index (χ3v) is 4.22. The molecule has 0 radical (unpaired) electrons. The van der Waals surface area contributed by atoms with Crippen molar-refractivity contribution in [1.82, 2.24) is 5.32 Å². The summed E-state index contributed by atoms with van der Waals surface area (Å²) in [5.74, 6) is 1.20. The van der Waals surface area contributed by atoms with E-state index in [0.717, 1.165) is 17.7 Å². The van der Waals surface area contributed by atoms with E-state index in [9.17, 15) is 4.79 Å². The molecule has 4 nitrogen and oxygen atoms in total. The SMILES string of the molecule is CC(C)C(C)C(=O)NC1CC(C)(C)Oc2ccc(N)cc21. The minimum atomic E-state index is -0.303. The molecule has 1 aromatic rings. The van der Waals surface area contributed by atoms with E-state index in [-0.39, 0.29) is 23.5 Å². The second kappa shape index (κ2) is 5.58. The van der Waals surface area contributed by atoms with Crippen LogP contribution in [0.2, 0.25) is 0 Å². The Kier molecular flexibility index (Phi) is 4.17. The maximum Gasteiger partial charge on any atom is 0.223 e. The molecule has 2 rings (SSSR count). The molecule has 2 unspecified atom stereocenters. The first kappa shape index (κ1) is 15.7.